The molecule has 0 fully saturated rings. The maximum atomic E-state index is 10.7. The number of nitrogens with zero attached hydrogens (tertiary/aromatic N) is 2. The van der Waals surface area contributed by atoms with Crippen molar-refractivity contribution in [3.05, 3.63) is 40.9 Å². The van der Waals surface area contributed by atoms with Gasteiger partial charge >= 0.3 is 6.03 Å². The summed E-state index contributed by atoms with van der Waals surface area (Å²) in [4.78, 5) is 17.2. The van der Waals surface area contributed by atoms with E-state index in [1.807, 2.05) is 24.6 Å². The highest BCUT2D eigenvalue weighted by atomic mass is 32.1. The Bertz CT molecular complexity index is 582. The summed E-state index contributed by atoms with van der Waals surface area (Å²) >= 11 is 1.37. The van der Waals surface area contributed by atoms with Crippen molar-refractivity contribution in [3.63, 3.8) is 0 Å². The molecule has 1 heterocycles. The normalized spacial score (nSPS) is 10.2. The number of aromatic nitrogens is 1. The first-order chi connectivity index (χ1) is 9.06. The van der Waals surface area contributed by atoms with Gasteiger partial charge < -0.3 is 10.6 Å². The Morgan fingerprint density at radius 1 is 1.47 bits per heavy atom. The Labute approximate surface area is 116 Å². The fourth-order valence-corrected chi connectivity index (χ4v) is 2.57. The molecule has 0 radical (unpaired) electrons. The smallest absolute Gasteiger partial charge is 0.318 e. The molecule has 5 nitrogen and oxygen atoms in total. The number of amides is 2. The van der Waals surface area contributed by atoms with Gasteiger partial charge in [0.05, 0.1) is 12.2 Å². The van der Waals surface area contributed by atoms with Crippen LogP contribution in [0.25, 0.3) is 0 Å². The predicted octanol–water partition coefficient (Wildman–Crippen LogP) is 2.58. The van der Waals surface area contributed by atoms with Crippen LogP contribution in [-0.2, 0) is 6.54 Å². The highest BCUT2D eigenvalue weighted by Gasteiger charge is 2.08. The van der Waals surface area contributed by atoms with Gasteiger partial charge in [-0.3, -0.25) is 5.32 Å². The van der Waals surface area contributed by atoms with Gasteiger partial charge in [0.1, 0.15) is 0 Å². The standard InChI is InChI=1S/C13H16N4OS/c1-9-5-3-4-6-11(9)17(2)7-10-8-19-13(15-10)16-12(14)18/h3-6,8H,7H2,1-2H3,(H3,14,15,16,18). The fraction of sp³-hybridized carbons (Fsp3) is 0.231. The highest BCUT2D eigenvalue weighted by Crippen LogP contribution is 2.21. The molecule has 1 aromatic heterocycles. The fourth-order valence-electron chi connectivity index (χ4n) is 1.86. The van der Waals surface area contributed by atoms with Gasteiger partial charge in [-0.1, -0.05) is 18.2 Å². The van der Waals surface area contributed by atoms with Gasteiger partial charge in [-0.2, -0.15) is 0 Å². The van der Waals surface area contributed by atoms with Crippen molar-refractivity contribution < 1.29 is 4.79 Å². The van der Waals surface area contributed by atoms with Gasteiger partial charge in [0.2, 0.25) is 0 Å². The Morgan fingerprint density at radius 2 is 2.21 bits per heavy atom. The van der Waals surface area contributed by atoms with Gasteiger partial charge in [0.25, 0.3) is 0 Å². The van der Waals surface area contributed by atoms with Crippen molar-refractivity contribution in [2.75, 3.05) is 17.3 Å². The monoisotopic (exact) mass is 276 g/mol. The first-order valence-electron chi connectivity index (χ1n) is 5.84. The van der Waals surface area contributed by atoms with E-state index in [1.54, 1.807) is 0 Å². The van der Waals surface area contributed by atoms with Crippen LogP contribution in [0, 0.1) is 6.92 Å². The number of hydrogen-bond donors (Lipinski definition) is 2. The van der Waals surface area contributed by atoms with Crippen molar-refractivity contribution in [1.29, 1.82) is 0 Å². The second-order valence-corrected chi connectivity index (χ2v) is 5.13. The zero-order chi connectivity index (χ0) is 13.8. The molecule has 100 valence electrons. The van der Waals surface area contributed by atoms with Crippen LogP contribution >= 0.6 is 11.3 Å². The number of para-hydroxylation sites is 1. The van der Waals surface area contributed by atoms with Crippen molar-refractivity contribution in [3.8, 4) is 0 Å². The van der Waals surface area contributed by atoms with E-state index in [-0.39, 0.29) is 0 Å². The molecular formula is C13H16N4OS. The summed E-state index contributed by atoms with van der Waals surface area (Å²) in [6.45, 7) is 2.76. The second-order valence-electron chi connectivity index (χ2n) is 4.28. The summed E-state index contributed by atoms with van der Waals surface area (Å²) in [6.07, 6.45) is 0. The molecule has 2 amide bonds. The molecule has 2 rings (SSSR count). The minimum Gasteiger partial charge on any atom is -0.368 e. The Kier molecular flexibility index (Phi) is 4.01. The van der Waals surface area contributed by atoms with Crippen molar-refractivity contribution in [1.82, 2.24) is 4.98 Å². The van der Waals surface area contributed by atoms with Crippen molar-refractivity contribution >= 4 is 28.2 Å². The number of nitrogens with two attached hydrogens (primary N) is 1. The Hall–Kier alpha value is -2.08. The minimum absolute atomic E-state index is 0.528. The molecule has 0 spiro atoms. The van der Waals surface area contributed by atoms with E-state index < -0.39 is 6.03 Å². The largest absolute Gasteiger partial charge is 0.368 e. The number of anilines is 2. The summed E-state index contributed by atoms with van der Waals surface area (Å²) in [5.74, 6) is 0. The third kappa shape index (κ3) is 3.45. The number of rotatable bonds is 4. The predicted molar refractivity (Wildman–Crippen MR) is 78.6 cm³/mol. The molecule has 1 aromatic carbocycles. The average Bonchev–Trinajstić information content (AvgIpc) is 2.76. The van der Waals surface area contributed by atoms with Crippen molar-refractivity contribution in [2.45, 2.75) is 13.5 Å². The lowest BCUT2D eigenvalue weighted by atomic mass is 10.2. The maximum Gasteiger partial charge on any atom is 0.318 e. The van der Waals surface area contributed by atoms with Crippen LogP contribution in [0.3, 0.4) is 0 Å². The van der Waals surface area contributed by atoms with E-state index in [0.717, 1.165) is 5.69 Å². The maximum absolute atomic E-state index is 10.7. The lowest BCUT2D eigenvalue weighted by Gasteiger charge is -2.20. The van der Waals surface area contributed by atoms with Crippen molar-refractivity contribution in [2.24, 2.45) is 5.73 Å². The molecular weight excluding hydrogens is 260 g/mol. The molecule has 19 heavy (non-hydrogen) atoms. The molecule has 0 saturated carbocycles. The molecule has 2 aromatic rings. The third-order valence-electron chi connectivity index (χ3n) is 2.71. The molecule has 3 N–H and O–H groups in total. The number of thiazole rings is 1. The van der Waals surface area contributed by atoms with Crippen LogP contribution < -0.4 is 16.0 Å². The lowest BCUT2D eigenvalue weighted by Crippen LogP contribution is -2.20. The van der Waals surface area contributed by atoms with E-state index in [4.69, 9.17) is 5.73 Å². The Morgan fingerprint density at radius 3 is 2.89 bits per heavy atom. The zero-order valence-corrected chi connectivity index (χ0v) is 11.7. The van der Waals surface area contributed by atoms with Crippen LogP contribution in [0.1, 0.15) is 11.3 Å². The van der Waals surface area contributed by atoms with Gasteiger partial charge in [-0.15, -0.1) is 11.3 Å². The number of aryl methyl sites for hydroxylation is 1. The van der Waals surface area contributed by atoms with Gasteiger partial charge in [0.15, 0.2) is 5.13 Å². The number of nitrogens with one attached hydrogen (secondary N) is 1. The third-order valence-corrected chi connectivity index (χ3v) is 3.51. The van der Waals surface area contributed by atoms with Crippen LogP contribution in [0.2, 0.25) is 0 Å². The number of primary amides is 1. The molecule has 0 unspecified atom stereocenters. The van der Waals surface area contributed by atoms with Crippen LogP contribution in [0.4, 0.5) is 15.6 Å². The van der Waals surface area contributed by atoms with Crippen LogP contribution in [0.5, 0.6) is 0 Å². The highest BCUT2D eigenvalue weighted by molar-refractivity contribution is 7.13. The Balaban J connectivity index is 2.07. The van der Waals surface area contributed by atoms with Crippen LogP contribution in [0.15, 0.2) is 29.6 Å². The van der Waals surface area contributed by atoms with Gasteiger partial charge in [0, 0.05) is 18.1 Å². The first-order valence-corrected chi connectivity index (χ1v) is 6.72. The zero-order valence-electron chi connectivity index (χ0n) is 10.9. The van der Waals surface area contributed by atoms with E-state index in [9.17, 15) is 4.79 Å². The number of benzene rings is 1. The number of urea groups is 1. The molecule has 0 aliphatic heterocycles. The van der Waals surface area contributed by atoms with Gasteiger partial charge in [-0.05, 0) is 18.6 Å². The lowest BCUT2D eigenvalue weighted by molar-refractivity contribution is 0.259. The summed E-state index contributed by atoms with van der Waals surface area (Å²) in [6, 6.07) is 7.59. The van der Waals surface area contributed by atoms with Crippen LogP contribution in [-0.4, -0.2) is 18.1 Å². The molecule has 0 saturated heterocycles. The van der Waals surface area contributed by atoms with E-state index >= 15 is 0 Å². The molecule has 0 aliphatic carbocycles. The quantitative estimate of drug-likeness (QED) is 0.901. The first kappa shape index (κ1) is 13.4. The molecule has 0 atom stereocenters. The van der Waals surface area contributed by atoms with E-state index in [0.29, 0.717) is 11.7 Å². The minimum atomic E-state index is -0.590. The van der Waals surface area contributed by atoms with E-state index in [2.05, 4.69) is 34.3 Å². The molecule has 6 heteroatoms. The summed E-state index contributed by atoms with van der Waals surface area (Å²) < 4.78 is 0. The topological polar surface area (TPSA) is 71.2 Å². The SMILES string of the molecule is Cc1ccccc1N(C)Cc1csc(NC(N)=O)n1. The van der Waals surface area contributed by atoms with Gasteiger partial charge in [-0.25, -0.2) is 9.78 Å². The second kappa shape index (κ2) is 5.71. The summed E-state index contributed by atoms with van der Waals surface area (Å²) in [5, 5.41) is 4.92. The molecule has 0 bridgehead atoms. The number of carbonyl (C=O) groups is 1. The average molecular weight is 276 g/mol. The summed E-state index contributed by atoms with van der Waals surface area (Å²) in [5.41, 5.74) is 8.34. The van der Waals surface area contributed by atoms with E-state index in [1.165, 1.54) is 22.6 Å². The molecule has 0 aliphatic rings. The number of hydrogen-bond acceptors (Lipinski definition) is 4. The summed E-state index contributed by atoms with van der Waals surface area (Å²) in [7, 11) is 2.02. The number of carbonyl (C=O) groups excluding carboxylic acids is 1.